The van der Waals surface area contributed by atoms with Crippen LogP contribution in [-0.4, -0.2) is 23.3 Å². The molecule has 0 atom stereocenters. The molecule has 6 heteroatoms. The van der Waals surface area contributed by atoms with Gasteiger partial charge in [-0.1, -0.05) is 23.2 Å². The number of hydrogen-bond acceptors (Lipinski definition) is 4. The molecule has 4 nitrogen and oxygen atoms in total. The Kier molecular flexibility index (Phi) is 4.68. The summed E-state index contributed by atoms with van der Waals surface area (Å²) < 4.78 is 0. The molecule has 0 spiro atoms. The summed E-state index contributed by atoms with van der Waals surface area (Å²) in [7, 11) is 0. The fraction of sp³-hybridized carbons (Fsp3) is 0.400. The number of aromatic hydroxyl groups is 2. The summed E-state index contributed by atoms with van der Waals surface area (Å²) in [5.41, 5.74) is 11.5. The summed E-state index contributed by atoms with van der Waals surface area (Å²) >= 11 is 11.9. The molecule has 16 heavy (non-hydrogen) atoms. The molecule has 0 amide bonds. The van der Waals surface area contributed by atoms with Gasteiger partial charge in [-0.05, 0) is 25.9 Å². The fourth-order valence-electron chi connectivity index (χ4n) is 1.50. The molecule has 0 aromatic heterocycles. The highest BCUT2D eigenvalue weighted by atomic mass is 35.5. The van der Waals surface area contributed by atoms with Crippen LogP contribution in [0, 0.1) is 0 Å². The number of phenols is 2. The Morgan fingerprint density at radius 2 is 1.12 bits per heavy atom. The monoisotopic (exact) mass is 264 g/mol. The van der Waals surface area contributed by atoms with Crippen molar-refractivity contribution in [2.24, 2.45) is 11.5 Å². The van der Waals surface area contributed by atoms with Crippen LogP contribution >= 0.6 is 23.2 Å². The van der Waals surface area contributed by atoms with Crippen LogP contribution in [0.5, 0.6) is 11.5 Å². The van der Waals surface area contributed by atoms with E-state index in [9.17, 15) is 10.2 Å². The van der Waals surface area contributed by atoms with Gasteiger partial charge in [0.1, 0.15) is 11.5 Å². The molecule has 0 radical (unpaired) electrons. The van der Waals surface area contributed by atoms with Crippen molar-refractivity contribution in [2.75, 3.05) is 13.1 Å². The Labute approximate surface area is 104 Å². The third-order valence-corrected chi connectivity index (χ3v) is 3.12. The maximum atomic E-state index is 9.82. The van der Waals surface area contributed by atoms with E-state index in [1.165, 1.54) is 0 Å². The first-order valence-electron chi connectivity index (χ1n) is 4.85. The lowest BCUT2D eigenvalue weighted by Crippen LogP contribution is -2.07. The van der Waals surface area contributed by atoms with E-state index < -0.39 is 0 Å². The smallest absolute Gasteiger partial charge is 0.139 e. The van der Waals surface area contributed by atoms with E-state index in [1.807, 2.05) is 0 Å². The molecule has 6 N–H and O–H groups in total. The second kappa shape index (κ2) is 5.59. The van der Waals surface area contributed by atoms with Gasteiger partial charge in [0.25, 0.3) is 0 Å². The van der Waals surface area contributed by atoms with Crippen molar-refractivity contribution in [1.82, 2.24) is 0 Å². The van der Waals surface area contributed by atoms with Crippen molar-refractivity contribution < 1.29 is 10.2 Å². The molecule has 0 aliphatic carbocycles. The van der Waals surface area contributed by atoms with Gasteiger partial charge in [-0.3, -0.25) is 0 Å². The minimum atomic E-state index is -0.127. The van der Waals surface area contributed by atoms with E-state index in [2.05, 4.69) is 0 Å². The quantitative estimate of drug-likeness (QED) is 0.619. The lowest BCUT2D eigenvalue weighted by atomic mass is 10.0. The van der Waals surface area contributed by atoms with E-state index in [0.717, 1.165) is 0 Å². The minimum absolute atomic E-state index is 0.0933. The lowest BCUT2D eigenvalue weighted by Gasteiger charge is -2.14. The molecule has 1 aromatic rings. The van der Waals surface area contributed by atoms with Crippen molar-refractivity contribution in [3.63, 3.8) is 0 Å². The molecular formula is C10H14Cl2N2O2. The lowest BCUT2D eigenvalue weighted by molar-refractivity contribution is 0.449. The van der Waals surface area contributed by atoms with Gasteiger partial charge in [-0.25, -0.2) is 0 Å². The maximum Gasteiger partial charge on any atom is 0.139 e. The Hall–Kier alpha value is -0.680. The van der Waals surface area contributed by atoms with Gasteiger partial charge in [0, 0.05) is 11.1 Å². The predicted octanol–water partition coefficient (Wildman–Crippen LogP) is 1.41. The summed E-state index contributed by atoms with van der Waals surface area (Å²) in [6.45, 7) is 0.610. The number of phenolic OH excluding ortho intramolecular Hbond substituents is 2. The summed E-state index contributed by atoms with van der Waals surface area (Å²) in [5, 5.41) is 19.8. The van der Waals surface area contributed by atoms with Crippen LogP contribution in [0.4, 0.5) is 0 Å². The van der Waals surface area contributed by atoms with E-state index in [4.69, 9.17) is 34.7 Å². The van der Waals surface area contributed by atoms with Crippen LogP contribution in [0.3, 0.4) is 0 Å². The molecule has 0 aliphatic rings. The summed E-state index contributed by atoms with van der Waals surface area (Å²) in [6.07, 6.45) is 0.696. The van der Waals surface area contributed by atoms with Gasteiger partial charge >= 0.3 is 0 Å². The maximum absolute atomic E-state index is 9.82. The molecule has 1 rings (SSSR count). The van der Waals surface area contributed by atoms with Crippen molar-refractivity contribution in [3.8, 4) is 11.5 Å². The van der Waals surface area contributed by atoms with Gasteiger partial charge in [-0.15, -0.1) is 0 Å². The van der Waals surface area contributed by atoms with Gasteiger partial charge in [0.15, 0.2) is 0 Å². The van der Waals surface area contributed by atoms with Crippen molar-refractivity contribution in [2.45, 2.75) is 12.8 Å². The van der Waals surface area contributed by atoms with Gasteiger partial charge in [0.2, 0.25) is 0 Å². The van der Waals surface area contributed by atoms with Crippen LogP contribution in [-0.2, 0) is 12.8 Å². The van der Waals surface area contributed by atoms with Crippen LogP contribution in [0.1, 0.15) is 11.1 Å². The number of hydrogen-bond donors (Lipinski definition) is 4. The third kappa shape index (κ3) is 2.35. The molecule has 0 bridgehead atoms. The summed E-state index contributed by atoms with van der Waals surface area (Å²) in [5.74, 6) is -0.253. The molecule has 0 unspecified atom stereocenters. The second-order valence-corrected chi connectivity index (χ2v) is 4.12. The first kappa shape index (κ1) is 13.4. The normalized spacial score (nSPS) is 10.8. The molecule has 0 heterocycles. The second-order valence-electron chi connectivity index (χ2n) is 3.36. The average Bonchev–Trinajstić information content (AvgIpc) is 2.28. The third-order valence-electron chi connectivity index (χ3n) is 2.31. The van der Waals surface area contributed by atoms with Crippen molar-refractivity contribution in [3.05, 3.63) is 21.2 Å². The molecule has 0 saturated heterocycles. The van der Waals surface area contributed by atoms with E-state index in [1.54, 1.807) is 0 Å². The zero-order valence-electron chi connectivity index (χ0n) is 8.63. The Balaban J connectivity index is 3.37. The van der Waals surface area contributed by atoms with Crippen LogP contribution < -0.4 is 11.5 Å². The number of halogens is 2. The molecule has 90 valence electrons. The highest BCUT2D eigenvalue weighted by Crippen LogP contribution is 2.43. The Bertz CT molecular complexity index is 331. The van der Waals surface area contributed by atoms with Crippen LogP contribution in [0.25, 0.3) is 0 Å². The minimum Gasteiger partial charge on any atom is -0.506 e. The first-order valence-corrected chi connectivity index (χ1v) is 5.60. The van der Waals surface area contributed by atoms with E-state index in [-0.39, 0.29) is 21.5 Å². The zero-order valence-corrected chi connectivity index (χ0v) is 10.1. The number of rotatable bonds is 4. The highest BCUT2D eigenvalue weighted by molar-refractivity contribution is 6.36. The molecule has 1 aromatic carbocycles. The average molecular weight is 265 g/mol. The fourth-order valence-corrected chi connectivity index (χ4v) is 2.10. The summed E-state index contributed by atoms with van der Waals surface area (Å²) in [6, 6.07) is 0. The number of nitrogens with two attached hydrogens (primary N) is 2. The van der Waals surface area contributed by atoms with E-state index >= 15 is 0 Å². The topological polar surface area (TPSA) is 92.5 Å². The predicted molar refractivity (Wildman–Crippen MR) is 65.3 cm³/mol. The molecule has 0 aliphatic heterocycles. The molecular weight excluding hydrogens is 251 g/mol. The molecule has 0 saturated carbocycles. The largest absolute Gasteiger partial charge is 0.506 e. The Morgan fingerprint density at radius 1 is 0.812 bits per heavy atom. The van der Waals surface area contributed by atoms with Crippen LogP contribution in [0.15, 0.2) is 0 Å². The van der Waals surface area contributed by atoms with Crippen LogP contribution in [0.2, 0.25) is 10.0 Å². The van der Waals surface area contributed by atoms with Crippen molar-refractivity contribution >= 4 is 23.2 Å². The van der Waals surface area contributed by atoms with Crippen molar-refractivity contribution in [1.29, 1.82) is 0 Å². The van der Waals surface area contributed by atoms with Gasteiger partial charge in [-0.2, -0.15) is 0 Å². The Morgan fingerprint density at radius 3 is 1.38 bits per heavy atom. The molecule has 0 fully saturated rings. The van der Waals surface area contributed by atoms with Gasteiger partial charge in [0.05, 0.1) is 10.0 Å². The number of benzene rings is 1. The summed E-state index contributed by atoms with van der Waals surface area (Å²) in [4.78, 5) is 0. The SMILES string of the molecule is NCCc1c(O)c(Cl)c(CCN)c(O)c1Cl. The van der Waals surface area contributed by atoms with E-state index in [0.29, 0.717) is 37.1 Å². The standard InChI is InChI=1S/C10H14Cl2N2O2/c11-7-5(1-3-13)9(15)8(12)6(2-4-14)10(7)16/h15-16H,1-4,13-14H2. The van der Waals surface area contributed by atoms with Gasteiger partial charge < -0.3 is 21.7 Å². The zero-order chi connectivity index (χ0) is 12.3. The first-order chi connectivity index (χ1) is 7.54. The highest BCUT2D eigenvalue weighted by Gasteiger charge is 2.20.